The average molecular weight is 346 g/mol. The van der Waals surface area contributed by atoms with E-state index in [4.69, 9.17) is 11.6 Å². The largest absolute Gasteiger partial charge is 0.243 e. The van der Waals surface area contributed by atoms with Crippen molar-refractivity contribution in [1.29, 1.82) is 0 Å². The van der Waals surface area contributed by atoms with Crippen LogP contribution >= 0.6 is 22.9 Å². The van der Waals surface area contributed by atoms with Crippen LogP contribution in [0.25, 0.3) is 0 Å². The first-order chi connectivity index (χ1) is 10.00. The van der Waals surface area contributed by atoms with Gasteiger partial charge in [0.05, 0.1) is 16.0 Å². The Kier molecular flexibility index (Phi) is 4.05. The predicted octanol–water partition coefficient (Wildman–Crippen LogP) is 4.07. The third-order valence-corrected chi connectivity index (χ3v) is 6.74. The molecule has 0 saturated carbocycles. The highest BCUT2D eigenvalue weighted by Crippen LogP contribution is 2.38. The third kappa shape index (κ3) is 2.73. The quantitative estimate of drug-likeness (QED) is 0.841. The van der Waals surface area contributed by atoms with Crippen LogP contribution in [-0.4, -0.2) is 19.3 Å². The maximum absolute atomic E-state index is 13.2. The first kappa shape index (κ1) is 15.0. The van der Waals surface area contributed by atoms with Crippen LogP contribution in [0.2, 0.25) is 5.02 Å². The molecule has 0 spiro atoms. The van der Waals surface area contributed by atoms with E-state index < -0.39 is 15.8 Å². The van der Waals surface area contributed by atoms with Crippen molar-refractivity contribution in [2.75, 3.05) is 6.54 Å². The maximum atomic E-state index is 13.2. The standard InChI is InChI=1S/C14H13ClFNO2S2/c15-11-9-10(5-6-12(11)16)21(18,19)17-7-1-3-13(17)14-4-2-8-20-14/h2,4-6,8-9,13H,1,3,7H2. The summed E-state index contributed by atoms with van der Waals surface area (Å²) in [5.74, 6) is -0.619. The Hall–Kier alpha value is -0.950. The number of thiophene rings is 1. The van der Waals surface area contributed by atoms with E-state index in [0.29, 0.717) is 6.54 Å². The first-order valence-corrected chi connectivity index (χ1v) is 9.20. The summed E-state index contributed by atoms with van der Waals surface area (Å²) in [5.41, 5.74) is 0. The monoisotopic (exact) mass is 345 g/mol. The van der Waals surface area contributed by atoms with E-state index in [0.717, 1.165) is 23.8 Å². The van der Waals surface area contributed by atoms with E-state index in [-0.39, 0.29) is 16.0 Å². The minimum Gasteiger partial charge on any atom is -0.207 e. The predicted molar refractivity (Wildman–Crippen MR) is 81.6 cm³/mol. The van der Waals surface area contributed by atoms with E-state index >= 15 is 0 Å². The number of hydrogen-bond acceptors (Lipinski definition) is 3. The molecule has 0 amide bonds. The summed E-state index contributed by atoms with van der Waals surface area (Å²) in [5, 5.41) is 1.76. The van der Waals surface area contributed by atoms with Crippen LogP contribution in [0.5, 0.6) is 0 Å². The molecule has 112 valence electrons. The fourth-order valence-corrected chi connectivity index (χ4v) is 5.45. The van der Waals surface area contributed by atoms with Gasteiger partial charge in [-0.3, -0.25) is 0 Å². The number of sulfonamides is 1. The lowest BCUT2D eigenvalue weighted by Crippen LogP contribution is -2.30. The summed E-state index contributed by atoms with van der Waals surface area (Å²) in [4.78, 5) is 1.07. The van der Waals surface area contributed by atoms with Crippen LogP contribution in [0.3, 0.4) is 0 Å². The fourth-order valence-electron chi connectivity index (χ4n) is 2.57. The highest BCUT2D eigenvalue weighted by atomic mass is 35.5. The topological polar surface area (TPSA) is 37.4 Å². The Morgan fingerprint density at radius 1 is 1.33 bits per heavy atom. The van der Waals surface area contributed by atoms with Gasteiger partial charge in [-0.15, -0.1) is 11.3 Å². The molecule has 21 heavy (non-hydrogen) atoms. The number of nitrogens with zero attached hydrogens (tertiary/aromatic N) is 1. The molecule has 1 aromatic carbocycles. The third-order valence-electron chi connectivity index (χ3n) is 3.57. The molecule has 1 fully saturated rings. The number of rotatable bonds is 3. The first-order valence-electron chi connectivity index (χ1n) is 6.50. The van der Waals surface area contributed by atoms with Crippen molar-refractivity contribution < 1.29 is 12.8 Å². The fraction of sp³-hybridized carbons (Fsp3) is 0.286. The van der Waals surface area contributed by atoms with E-state index in [9.17, 15) is 12.8 Å². The molecule has 1 saturated heterocycles. The van der Waals surface area contributed by atoms with Crippen LogP contribution < -0.4 is 0 Å². The minimum atomic E-state index is -3.66. The molecule has 3 rings (SSSR count). The molecule has 0 bridgehead atoms. The molecule has 1 aliphatic heterocycles. The van der Waals surface area contributed by atoms with Gasteiger partial charge in [0, 0.05) is 11.4 Å². The smallest absolute Gasteiger partial charge is 0.207 e. The van der Waals surface area contributed by atoms with Crippen LogP contribution in [-0.2, 0) is 10.0 Å². The van der Waals surface area contributed by atoms with Gasteiger partial charge in [0.25, 0.3) is 0 Å². The highest BCUT2D eigenvalue weighted by Gasteiger charge is 2.36. The van der Waals surface area contributed by atoms with Gasteiger partial charge in [-0.05, 0) is 42.5 Å². The molecule has 0 N–H and O–H groups in total. The highest BCUT2D eigenvalue weighted by molar-refractivity contribution is 7.89. The van der Waals surface area contributed by atoms with E-state index in [1.165, 1.54) is 16.4 Å². The zero-order valence-electron chi connectivity index (χ0n) is 11.0. The lowest BCUT2D eigenvalue weighted by molar-refractivity contribution is 0.401. The molecular formula is C14H13ClFNO2S2. The van der Waals surface area contributed by atoms with Gasteiger partial charge in [-0.25, -0.2) is 12.8 Å². The lowest BCUT2D eigenvalue weighted by atomic mass is 10.2. The molecule has 2 heterocycles. The molecule has 0 radical (unpaired) electrons. The van der Waals surface area contributed by atoms with Crippen molar-refractivity contribution in [2.45, 2.75) is 23.8 Å². The number of halogens is 2. The molecule has 1 aromatic heterocycles. The Labute approximate surface area is 132 Å². The maximum Gasteiger partial charge on any atom is 0.243 e. The molecule has 2 aromatic rings. The van der Waals surface area contributed by atoms with Gasteiger partial charge in [0.1, 0.15) is 5.82 Å². The summed E-state index contributed by atoms with van der Waals surface area (Å²) >= 11 is 7.26. The summed E-state index contributed by atoms with van der Waals surface area (Å²) in [6, 6.07) is 7.25. The minimum absolute atomic E-state index is 0.0392. The molecule has 1 aliphatic rings. The summed E-state index contributed by atoms with van der Waals surface area (Å²) in [7, 11) is -3.66. The van der Waals surface area contributed by atoms with E-state index in [1.807, 2.05) is 17.5 Å². The SMILES string of the molecule is O=S(=O)(c1ccc(F)c(Cl)c1)N1CCCC1c1cccs1. The summed E-state index contributed by atoms with van der Waals surface area (Å²) in [6.45, 7) is 0.472. The molecule has 3 nitrogen and oxygen atoms in total. The van der Waals surface area contributed by atoms with Gasteiger partial charge < -0.3 is 0 Å². The zero-order valence-corrected chi connectivity index (χ0v) is 13.4. The second-order valence-electron chi connectivity index (χ2n) is 4.87. The molecule has 1 unspecified atom stereocenters. The molecule has 0 aliphatic carbocycles. The van der Waals surface area contributed by atoms with Crippen molar-refractivity contribution in [2.24, 2.45) is 0 Å². The zero-order chi connectivity index (χ0) is 15.0. The van der Waals surface area contributed by atoms with Gasteiger partial charge in [-0.1, -0.05) is 17.7 Å². The van der Waals surface area contributed by atoms with Crippen molar-refractivity contribution in [3.05, 3.63) is 51.4 Å². The van der Waals surface area contributed by atoms with E-state index in [1.54, 1.807) is 11.3 Å². The van der Waals surface area contributed by atoms with Gasteiger partial charge >= 0.3 is 0 Å². The van der Waals surface area contributed by atoms with Crippen LogP contribution in [0.15, 0.2) is 40.6 Å². The van der Waals surface area contributed by atoms with Crippen LogP contribution in [0.1, 0.15) is 23.8 Å². The van der Waals surface area contributed by atoms with E-state index in [2.05, 4.69) is 0 Å². The van der Waals surface area contributed by atoms with Crippen LogP contribution in [0, 0.1) is 5.82 Å². The Morgan fingerprint density at radius 2 is 2.14 bits per heavy atom. The second-order valence-corrected chi connectivity index (χ2v) is 8.14. The van der Waals surface area contributed by atoms with Crippen molar-refractivity contribution in [3.8, 4) is 0 Å². The molecule has 1 atom stereocenters. The Morgan fingerprint density at radius 3 is 2.81 bits per heavy atom. The van der Waals surface area contributed by atoms with Gasteiger partial charge in [0.15, 0.2) is 0 Å². The van der Waals surface area contributed by atoms with Gasteiger partial charge in [0.2, 0.25) is 10.0 Å². The van der Waals surface area contributed by atoms with Crippen molar-refractivity contribution >= 4 is 33.0 Å². The summed E-state index contributed by atoms with van der Waals surface area (Å²) < 4.78 is 40.2. The molecular weight excluding hydrogens is 333 g/mol. The van der Waals surface area contributed by atoms with Gasteiger partial charge in [-0.2, -0.15) is 4.31 Å². The number of benzene rings is 1. The van der Waals surface area contributed by atoms with Crippen molar-refractivity contribution in [1.82, 2.24) is 4.31 Å². The lowest BCUT2D eigenvalue weighted by Gasteiger charge is -2.23. The second kappa shape index (κ2) is 5.68. The Bertz CT molecular complexity index is 746. The summed E-state index contributed by atoms with van der Waals surface area (Å²) in [6.07, 6.45) is 1.62. The average Bonchev–Trinajstić information content (AvgIpc) is 3.11. The number of hydrogen-bond donors (Lipinski definition) is 0. The van der Waals surface area contributed by atoms with Crippen molar-refractivity contribution in [3.63, 3.8) is 0 Å². The molecule has 7 heteroatoms. The normalized spacial score (nSPS) is 20.0. The van der Waals surface area contributed by atoms with Crippen LogP contribution in [0.4, 0.5) is 4.39 Å². The Balaban J connectivity index is 1.99.